The molecule has 6 rings (SSSR count). The van der Waals surface area contributed by atoms with E-state index in [2.05, 4.69) is 38.9 Å². The molecule has 38 heavy (non-hydrogen) atoms. The molecule has 0 radical (unpaired) electrons. The molecule has 0 aliphatic heterocycles. The molecular formula is C31H45NO6. The fraction of sp³-hybridized carbons (Fsp3) is 0.806. The summed E-state index contributed by atoms with van der Waals surface area (Å²) < 4.78 is 11.4. The normalized spacial score (nSPS) is 44.4. The lowest BCUT2D eigenvalue weighted by Gasteiger charge is -2.71. The minimum absolute atomic E-state index is 0.0252. The second-order valence-corrected chi connectivity index (χ2v) is 13.6. The van der Waals surface area contributed by atoms with Gasteiger partial charge in [-0.1, -0.05) is 44.0 Å². The first kappa shape index (κ1) is 27.4. The van der Waals surface area contributed by atoms with Crippen molar-refractivity contribution in [3.8, 4) is 0 Å². The van der Waals surface area contributed by atoms with Crippen LogP contribution < -0.4 is 0 Å². The van der Waals surface area contributed by atoms with Crippen LogP contribution >= 0.6 is 0 Å². The quantitative estimate of drug-likeness (QED) is 0.197. The van der Waals surface area contributed by atoms with Gasteiger partial charge in [0.2, 0.25) is 0 Å². The first-order valence-corrected chi connectivity index (χ1v) is 14.6. The summed E-state index contributed by atoms with van der Waals surface area (Å²) in [5.74, 6) is 0.717. The molecule has 7 nitrogen and oxygen atoms in total. The highest BCUT2D eigenvalue weighted by atomic mass is 16.7. The Kier molecular flexibility index (Phi) is 6.83. The predicted molar refractivity (Wildman–Crippen MR) is 143 cm³/mol. The molecule has 4 saturated carbocycles. The number of carbonyl (C=O) groups excluding carboxylic acids is 3. The number of fused-ring (bicyclic) bond motifs is 1. The second kappa shape index (κ2) is 9.48. The van der Waals surface area contributed by atoms with Gasteiger partial charge in [-0.3, -0.25) is 9.59 Å². The Morgan fingerprint density at radius 2 is 1.76 bits per heavy atom. The molecule has 0 N–H and O–H groups in total. The molecule has 0 aromatic carbocycles. The van der Waals surface area contributed by atoms with Crippen LogP contribution in [0.25, 0.3) is 0 Å². The zero-order valence-corrected chi connectivity index (χ0v) is 24.2. The van der Waals surface area contributed by atoms with E-state index in [1.807, 2.05) is 0 Å². The number of ether oxygens (including phenoxy) is 2. The van der Waals surface area contributed by atoms with Gasteiger partial charge < -0.3 is 14.3 Å². The van der Waals surface area contributed by atoms with E-state index >= 15 is 0 Å². The van der Waals surface area contributed by atoms with E-state index < -0.39 is 11.4 Å². The monoisotopic (exact) mass is 527 g/mol. The third-order valence-corrected chi connectivity index (χ3v) is 11.5. The lowest BCUT2D eigenvalue weighted by Crippen LogP contribution is -2.68. The highest BCUT2D eigenvalue weighted by molar-refractivity contribution is 5.90. The number of hydrogen-bond acceptors (Lipinski definition) is 7. The molecule has 6 aliphatic rings. The van der Waals surface area contributed by atoms with Crippen LogP contribution in [0.3, 0.4) is 0 Å². The summed E-state index contributed by atoms with van der Waals surface area (Å²) in [4.78, 5) is 42.4. The zero-order valence-electron chi connectivity index (χ0n) is 24.2. The highest BCUT2D eigenvalue weighted by Crippen LogP contribution is 2.74. The number of carbonyl (C=O) groups is 3. The summed E-state index contributed by atoms with van der Waals surface area (Å²) in [7, 11) is 1.52. The Morgan fingerprint density at radius 1 is 1.03 bits per heavy atom. The van der Waals surface area contributed by atoms with Crippen LogP contribution in [0, 0.1) is 51.8 Å². The number of methoxy groups -OCH3 is 1. The fourth-order valence-electron chi connectivity index (χ4n) is 10.4. The molecule has 1 spiro atoms. The average molecular weight is 528 g/mol. The maximum absolute atomic E-state index is 13.2. The molecule has 7 heteroatoms. The van der Waals surface area contributed by atoms with Crippen molar-refractivity contribution in [1.29, 1.82) is 0 Å². The topological polar surface area (TPSA) is 91.3 Å². The number of allylic oxidation sites excluding steroid dienone is 2. The van der Waals surface area contributed by atoms with Crippen molar-refractivity contribution in [2.75, 3.05) is 7.11 Å². The largest absolute Gasteiger partial charge is 0.469 e. The number of oxime groups is 1. The standard InChI is InChI=1S/C31H45NO6/c1-17(2)21-16-31-14-11-24-29(5,12-8-13-30(24,6)28(35)36-7)25(31)15-20(21)26-23(37-18(3)33)10-9-22(27(26)31)32-38-19(4)34/h16-17,20,23-27H,8-15H2,1-7H3/b32-22+/t20-,23-,24+,25+,26-,27+,29-,30+,31-/m0/s1. The molecule has 2 bridgehead atoms. The minimum atomic E-state index is -0.481. The molecule has 210 valence electrons. The lowest BCUT2D eigenvalue weighted by atomic mass is 9.33. The van der Waals surface area contributed by atoms with Gasteiger partial charge in [0.15, 0.2) is 0 Å². The summed E-state index contributed by atoms with van der Waals surface area (Å²) >= 11 is 0. The van der Waals surface area contributed by atoms with E-state index in [9.17, 15) is 14.4 Å². The smallest absolute Gasteiger partial charge is 0.331 e. The average Bonchev–Trinajstić information content (AvgIpc) is 2.86. The van der Waals surface area contributed by atoms with Crippen molar-refractivity contribution in [3.63, 3.8) is 0 Å². The maximum Gasteiger partial charge on any atom is 0.331 e. The van der Waals surface area contributed by atoms with Gasteiger partial charge in [-0.15, -0.1) is 0 Å². The van der Waals surface area contributed by atoms with E-state index in [-0.39, 0.29) is 52.5 Å². The van der Waals surface area contributed by atoms with E-state index in [0.717, 1.165) is 44.2 Å². The summed E-state index contributed by atoms with van der Waals surface area (Å²) in [6, 6.07) is 0. The van der Waals surface area contributed by atoms with Crippen molar-refractivity contribution in [1.82, 2.24) is 0 Å². The van der Waals surface area contributed by atoms with Crippen LogP contribution in [0.4, 0.5) is 0 Å². The zero-order chi connectivity index (χ0) is 27.6. The first-order valence-electron chi connectivity index (χ1n) is 14.6. The van der Waals surface area contributed by atoms with Gasteiger partial charge in [-0.2, -0.15) is 0 Å². The molecule has 0 aromatic rings. The molecule has 0 aromatic heterocycles. The third-order valence-electron chi connectivity index (χ3n) is 11.5. The van der Waals surface area contributed by atoms with Crippen LogP contribution in [0.5, 0.6) is 0 Å². The van der Waals surface area contributed by atoms with Gasteiger partial charge in [0.1, 0.15) is 6.10 Å². The Morgan fingerprint density at radius 3 is 2.39 bits per heavy atom. The summed E-state index contributed by atoms with van der Waals surface area (Å²) in [6.07, 6.45) is 9.66. The van der Waals surface area contributed by atoms with Crippen LogP contribution in [0.2, 0.25) is 0 Å². The summed E-state index contributed by atoms with van der Waals surface area (Å²) in [5, 5.41) is 4.48. The molecule has 4 fully saturated rings. The van der Waals surface area contributed by atoms with Crippen LogP contribution in [-0.2, 0) is 28.7 Å². The molecular weight excluding hydrogens is 482 g/mol. The van der Waals surface area contributed by atoms with E-state index in [1.165, 1.54) is 26.5 Å². The summed E-state index contributed by atoms with van der Waals surface area (Å²) in [6.45, 7) is 12.0. The predicted octanol–water partition coefficient (Wildman–Crippen LogP) is 5.86. The molecule has 6 aliphatic carbocycles. The van der Waals surface area contributed by atoms with Crippen molar-refractivity contribution in [2.45, 2.75) is 99.0 Å². The van der Waals surface area contributed by atoms with Gasteiger partial charge in [0.05, 0.1) is 18.2 Å². The van der Waals surface area contributed by atoms with E-state index in [0.29, 0.717) is 24.7 Å². The third kappa shape index (κ3) is 3.89. The van der Waals surface area contributed by atoms with Crippen LogP contribution in [0.15, 0.2) is 16.8 Å². The van der Waals surface area contributed by atoms with Gasteiger partial charge in [-0.25, -0.2) is 4.79 Å². The number of esters is 2. The van der Waals surface area contributed by atoms with Gasteiger partial charge in [0.25, 0.3) is 0 Å². The van der Waals surface area contributed by atoms with Crippen molar-refractivity contribution in [2.24, 2.45) is 56.9 Å². The van der Waals surface area contributed by atoms with Crippen LogP contribution in [0.1, 0.15) is 92.9 Å². The van der Waals surface area contributed by atoms with Gasteiger partial charge in [-0.05, 0) is 81.0 Å². The maximum atomic E-state index is 13.2. The Balaban J connectivity index is 1.66. The summed E-state index contributed by atoms with van der Waals surface area (Å²) in [5.41, 5.74) is 1.74. The van der Waals surface area contributed by atoms with Crippen molar-refractivity contribution < 1.29 is 28.7 Å². The number of hydrogen-bond donors (Lipinski definition) is 0. The first-order chi connectivity index (χ1) is 17.9. The van der Waals surface area contributed by atoms with Gasteiger partial charge in [0, 0.05) is 31.1 Å². The van der Waals surface area contributed by atoms with Crippen molar-refractivity contribution >= 4 is 23.6 Å². The molecule has 9 atom stereocenters. The minimum Gasteiger partial charge on any atom is -0.469 e. The lowest BCUT2D eigenvalue weighted by molar-refractivity contribution is -0.202. The fourth-order valence-corrected chi connectivity index (χ4v) is 10.4. The highest BCUT2D eigenvalue weighted by Gasteiger charge is 2.70. The number of nitrogens with zero attached hydrogens (tertiary/aromatic N) is 1. The molecule has 0 unspecified atom stereocenters. The molecule has 0 amide bonds. The SMILES string of the molecule is COC(=O)[C@]1(C)CCC[C@]2(C)[C@H]3C[C@H]4C(C(C)C)=C[C@]3(CC[C@H]21)[C@@H]1/C(=N/OC(C)=O)CC[C@H](OC(C)=O)[C@@H]14. The second-order valence-electron chi connectivity index (χ2n) is 13.6. The Hall–Kier alpha value is -2.18. The number of rotatable bonds is 4. The van der Waals surface area contributed by atoms with Gasteiger partial charge >= 0.3 is 17.9 Å². The van der Waals surface area contributed by atoms with E-state index in [4.69, 9.17) is 14.3 Å². The van der Waals surface area contributed by atoms with Crippen molar-refractivity contribution in [3.05, 3.63) is 11.6 Å². The Bertz CT molecular complexity index is 1080. The van der Waals surface area contributed by atoms with E-state index in [1.54, 1.807) is 0 Å². The van der Waals surface area contributed by atoms with Crippen LogP contribution in [-0.4, -0.2) is 36.8 Å². The molecule has 0 heterocycles. The molecule has 0 saturated heterocycles. The Labute approximate surface area is 227 Å².